The molecule has 0 saturated carbocycles. The molecule has 0 aliphatic carbocycles. The summed E-state index contributed by atoms with van der Waals surface area (Å²) in [6, 6.07) is 13.4. The Balaban J connectivity index is 1.89. The van der Waals surface area contributed by atoms with E-state index in [1.54, 1.807) is 31.3 Å². The fourth-order valence-corrected chi connectivity index (χ4v) is 4.94. The van der Waals surface area contributed by atoms with Gasteiger partial charge in [-0.15, -0.1) is 0 Å². The van der Waals surface area contributed by atoms with E-state index in [0.29, 0.717) is 16.8 Å². The Kier molecular flexibility index (Phi) is 5.54. The summed E-state index contributed by atoms with van der Waals surface area (Å²) < 4.78 is 48.0. The van der Waals surface area contributed by atoms with Gasteiger partial charge in [-0.25, -0.2) is 17.6 Å². The Labute approximate surface area is 188 Å². The maximum atomic E-state index is 13.4. The number of amides is 1. The molecule has 4 rings (SSSR count). The molecule has 1 aromatic heterocycles. The summed E-state index contributed by atoms with van der Waals surface area (Å²) in [5.41, 5.74) is 0.724. The predicted octanol–water partition coefficient (Wildman–Crippen LogP) is 3.11. The highest BCUT2D eigenvalue weighted by Crippen LogP contribution is 2.32. The minimum atomic E-state index is -4.16. The van der Waals surface area contributed by atoms with E-state index in [-0.39, 0.29) is 26.7 Å². The summed E-state index contributed by atoms with van der Waals surface area (Å²) >= 11 is 0. The number of fused-ring (bicyclic) bond motifs is 1. The zero-order valence-corrected chi connectivity index (χ0v) is 18.8. The van der Waals surface area contributed by atoms with Gasteiger partial charge in [-0.3, -0.25) is 13.9 Å². The van der Waals surface area contributed by atoms with Crippen molar-refractivity contribution in [1.29, 1.82) is 0 Å². The Morgan fingerprint density at radius 1 is 0.939 bits per heavy atom. The Bertz CT molecular complexity index is 1540. The Morgan fingerprint density at radius 2 is 1.52 bits per heavy atom. The largest absolute Gasteiger partial charge is 0.497 e. The molecule has 1 amide bonds. The van der Waals surface area contributed by atoms with Crippen LogP contribution in [0.25, 0.3) is 11.0 Å². The number of sulfone groups is 1. The average Bonchev–Trinajstić information content (AvgIpc) is 3.02. The molecule has 10 heteroatoms. The topological polar surface area (TPSA) is 99.4 Å². The lowest BCUT2D eigenvalue weighted by Crippen LogP contribution is -2.19. The van der Waals surface area contributed by atoms with E-state index in [9.17, 15) is 22.4 Å². The zero-order chi connectivity index (χ0) is 23.9. The molecule has 1 heterocycles. The molecule has 1 N–H and O–H groups in total. The van der Waals surface area contributed by atoms with Crippen LogP contribution in [0.5, 0.6) is 5.75 Å². The maximum absolute atomic E-state index is 13.4. The fraction of sp³-hybridized carbons (Fsp3) is 0.130. The number of halogens is 1. The van der Waals surface area contributed by atoms with Crippen LogP contribution in [0.1, 0.15) is 10.4 Å². The van der Waals surface area contributed by atoms with Crippen molar-refractivity contribution >= 4 is 32.5 Å². The third-order valence-corrected chi connectivity index (χ3v) is 7.20. The van der Waals surface area contributed by atoms with Crippen molar-refractivity contribution in [3.63, 3.8) is 0 Å². The van der Waals surface area contributed by atoms with E-state index in [4.69, 9.17) is 4.74 Å². The number of rotatable bonds is 5. The highest BCUT2D eigenvalue weighted by atomic mass is 32.2. The van der Waals surface area contributed by atoms with Gasteiger partial charge in [0.2, 0.25) is 9.84 Å². The SMILES string of the molecule is COc1ccc(C(=O)Nc2cc3c(cc2S(=O)(=O)c2ccc(F)cc2)n(C)c(=O)n3C)cc1. The van der Waals surface area contributed by atoms with E-state index < -0.39 is 21.6 Å². The number of carbonyl (C=O) groups excluding carboxylic acids is 1. The minimum Gasteiger partial charge on any atom is -0.497 e. The van der Waals surface area contributed by atoms with Crippen molar-refractivity contribution in [2.24, 2.45) is 14.1 Å². The second-order valence-corrected chi connectivity index (χ2v) is 9.30. The van der Waals surface area contributed by atoms with Gasteiger partial charge in [-0.2, -0.15) is 0 Å². The van der Waals surface area contributed by atoms with Gasteiger partial charge in [0.25, 0.3) is 5.91 Å². The van der Waals surface area contributed by atoms with Crippen molar-refractivity contribution in [2.75, 3.05) is 12.4 Å². The summed E-state index contributed by atoms with van der Waals surface area (Å²) in [6.45, 7) is 0. The first-order chi connectivity index (χ1) is 15.6. The molecule has 8 nitrogen and oxygen atoms in total. The first-order valence-corrected chi connectivity index (χ1v) is 11.3. The fourth-order valence-electron chi connectivity index (χ4n) is 3.52. The summed E-state index contributed by atoms with van der Waals surface area (Å²) in [5.74, 6) is -0.566. The third kappa shape index (κ3) is 3.89. The number of carbonyl (C=O) groups is 1. The number of aromatic nitrogens is 2. The normalized spacial score (nSPS) is 11.5. The number of methoxy groups -OCH3 is 1. The van der Waals surface area contributed by atoms with Crippen LogP contribution in [0, 0.1) is 5.82 Å². The number of nitrogens with one attached hydrogen (secondary N) is 1. The molecule has 4 aromatic rings. The lowest BCUT2D eigenvalue weighted by Gasteiger charge is -2.14. The van der Waals surface area contributed by atoms with Crippen LogP contribution in [-0.4, -0.2) is 30.6 Å². The maximum Gasteiger partial charge on any atom is 0.328 e. The van der Waals surface area contributed by atoms with Gasteiger partial charge in [0.05, 0.1) is 33.6 Å². The smallest absolute Gasteiger partial charge is 0.328 e. The summed E-state index contributed by atoms with van der Waals surface area (Å²) in [7, 11) is 0.410. The molecule has 0 unspecified atom stereocenters. The van der Waals surface area contributed by atoms with Crippen LogP contribution in [0.4, 0.5) is 10.1 Å². The highest BCUT2D eigenvalue weighted by Gasteiger charge is 2.25. The van der Waals surface area contributed by atoms with Gasteiger partial charge < -0.3 is 10.1 Å². The van der Waals surface area contributed by atoms with Gasteiger partial charge in [-0.05, 0) is 60.7 Å². The van der Waals surface area contributed by atoms with Crippen molar-refractivity contribution in [1.82, 2.24) is 9.13 Å². The zero-order valence-electron chi connectivity index (χ0n) is 18.0. The molecule has 170 valence electrons. The van der Waals surface area contributed by atoms with Gasteiger partial charge in [-0.1, -0.05) is 0 Å². The molecule has 33 heavy (non-hydrogen) atoms. The van der Waals surface area contributed by atoms with Crippen LogP contribution in [-0.2, 0) is 23.9 Å². The second kappa shape index (κ2) is 8.21. The second-order valence-electron chi connectivity index (χ2n) is 7.38. The third-order valence-electron chi connectivity index (χ3n) is 5.39. The van der Waals surface area contributed by atoms with E-state index in [2.05, 4.69) is 5.32 Å². The lowest BCUT2D eigenvalue weighted by molar-refractivity contribution is 0.102. The van der Waals surface area contributed by atoms with Gasteiger partial charge >= 0.3 is 5.69 Å². The first kappa shape index (κ1) is 22.3. The number of anilines is 1. The van der Waals surface area contributed by atoms with Crippen molar-refractivity contribution in [3.8, 4) is 5.75 Å². The molecular formula is C23H20FN3O5S. The molecule has 0 aliphatic heterocycles. The van der Waals surface area contributed by atoms with Gasteiger partial charge in [0.15, 0.2) is 0 Å². The average molecular weight is 469 g/mol. The van der Waals surface area contributed by atoms with E-state index >= 15 is 0 Å². The molecule has 3 aromatic carbocycles. The summed E-state index contributed by atoms with van der Waals surface area (Å²) in [4.78, 5) is 24.9. The van der Waals surface area contributed by atoms with Crippen molar-refractivity contribution in [2.45, 2.75) is 9.79 Å². The monoisotopic (exact) mass is 469 g/mol. The lowest BCUT2D eigenvalue weighted by atomic mass is 10.2. The predicted molar refractivity (Wildman–Crippen MR) is 121 cm³/mol. The Morgan fingerprint density at radius 3 is 2.09 bits per heavy atom. The van der Waals surface area contributed by atoms with E-state index in [0.717, 1.165) is 24.3 Å². The van der Waals surface area contributed by atoms with Crippen molar-refractivity contribution in [3.05, 3.63) is 82.5 Å². The highest BCUT2D eigenvalue weighted by molar-refractivity contribution is 7.91. The minimum absolute atomic E-state index is 0.00570. The van der Waals surface area contributed by atoms with Crippen LogP contribution in [0.3, 0.4) is 0 Å². The van der Waals surface area contributed by atoms with Crippen LogP contribution >= 0.6 is 0 Å². The molecule has 0 radical (unpaired) electrons. The Hall–Kier alpha value is -3.92. The number of ether oxygens (including phenoxy) is 1. The molecular weight excluding hydrogens is 449 g/mol. The summed E-state index contributed by atoms with van der Waals surface area (Å²) in [6.07, 6.45) is 0. The molecule has 0 spiro atoms. The van der Waals surface area contributed by atoms with E-state index in [1.807, 2.05) is 0 Å². The molecule has 0 bridgehead atoms. The van der Waals surface area contributed by atoms with Crippen LogP contribution in [0.2, 0.25) is 0 Å². The molecule has 0 aliphatic rings. The molecule has 0 fully saturated rings. The molecule has 0 saturated heterocycles. The van der Waals surface area contributed by atoms with Crippen LogP contribution in [0.15, 0.2) is 75.2 Å². The van der Waals surface area contributed by atoms with Gasteiger partial charge in [0, 0.05) is 19.7 Å². The first-order valence-electron chi connectivity index (χ1n) is 9.79. The van der Waals surface area contributed by atoms with Crippen molar-refractivity contribution < 1.29 is 22.3 Å². The number of hydrogen-bond acceptors (Lipinski definition) is 5. The number of benzene rings is 3. The number of hydrogen-bond donors (Lipinski definition) is 1. The van der Waals surface area contributed by atoms with Gasteiger partial charge in [0.1, 0.15) is 11.6 Å². The summed E-state index contributed by atoms with van der Waals surface area (Å²) in [5, 5.41) is 2.64. The standard InChI is InChI=1S/C23H20FN3O5S/c1-26-19-12-18(25-22(28)14-4-8-16(32-3)9-5-14)21(13-20(19)27(2)23(26)29)33(30,31)17-10-6-15(24)7-11-17/h4-13H,1-3H3,(H,25,28). The number of nitrogens with zero attached hydrogens (tertiary/aromatic N) is 2. The number of aryl methyl sites for hydroxylation is 2. The molecule has 0 atom stereocenters. The van der Waals surface area contributed by atoms with E-state index in [1.165, 1.54) is 35.4 Å². The quantitative estimate of drug-likeness (QED) is 0.453. The van der Waals surface area contributed by atoms with Crippen LogP contribution < -0.4 is 15.7 Å². The number of imidazole rings is 1.